The van der Waals surface area contributed by atoms with E-state index in [0.717, 1.165) is 0 Å². The summed E-state index contributed by atoms with van der Waals surface area (Å²) in [7, 11) is 10.3. The van der Waals surface area contributed by atoms with Crippen LogP contribution >= 0.6 is 17.0 Å². The summed E-state index contributed by atoms with van der Waals surface area (Å²) in [5.74, 6) is 0. The Kier molecular flexibility index (Phi) is 11.9. The van der Waals surface area contributed by atoms with Crippen molar-refractivity contribution < 1.29 is 18.9 Å². The van der Waals surface area contributed by atoms with Gasteiger partial charge in [0.15, 0.2) is 0 Å². The summed E-state index contributed by atoms with van der Waals surface area (Å²) in [5, 5.41) is 5.39. The van der Waals surface area contributed by atoms with Gasteiger partial charge in [-0.15, -0.1) is 81.2 Å². The van der Waals surface area contributed by atoms with Crippen LogP contribution in [-0.2, 0) is 18.9 Å². The number of benzene rings is 2. The van der Waals surface area contributed by atoms with E-state index in [1.807, 2.05) is 0 Å². The molecular formula is C23H26Cl2Zr-4. The molecule has 0 bridgehead atoms. The molecule has 26 heavy (non-hydrogen) atoms. The standard InChI is InChI=1S/2C10H9.2CH3.CH2.2ClH.Zr/c2*1-8-6-9-4-2-3-5-10(9)7-8;;;;;;/h2*2-7H,1H3;2*1H3;1H2;2*1H;/q4*-1;;;;+2/p-2. The molecule has 0 N–H and O–H groups in total. The maximum atomic E-state index is 5.13. The monoisotopic (exact) mass is 462 g/mol. The van der Waals surface area contributed by atoms with Crippen molar-refractivity contribution in [3.63, 3.8) is 0 Å². The smallest absolute Gasteiger partial charge is 0.358 e. The number of hydrogen-bond donors (Lipinski definition) is 0. The van der Waals surface area contributed by atoms with Gasteiger partial charge in [0, 0.05) is 0 Å². The minimum atomic E-state index is -1.85. The number of halogens is 2. The Morgan fingerprint density at radius 1 is 0.731 bits per heavy atom. The summed E-state index contributed by atoms with van der Waals surface area (Å²) in [6, 6.07) is 25.7. The topological polar surface area (TPSA) is 0 Å². The van der Waals surface area contributed by atoms with Crippen LogP contribution in [-0.4, -0.2) is 4.21 Å². The minimum absolute atomic E-state index is 0. The fourth-order valence-electron chi connectivity index (χ4n) is 2.61. The quantitative estimate of drug-likeness (QED) is 0.231. The van der Waals surface area contributed by atoms with Crippen molar-refractivity contribution in [3.05, 3.63) is 98.8 Å². The molecule has 3 heteroatoms. The predicted molar refractivity (Wildman–Crippen MR) is 120 cm³/mol. The fraction of sp³-hybridized carbons (Fsp3) is 0.0870. The molecule has 0 aliphatic heterocycles. The molecule has 0 fully saturated rings. The Labute approximate surface area is 173 Å². The largest absolute Gasteiger partial charge is 0.358 e. The van der Waals surface area contributed by atoms with E-state index in [2.05, 4.69) is 90.9 Å². The normalized spacial score (nSPS) is 9.08. The Hall–Kier alpha value is -1.01. The average molecular weight is 465 g/mol. The average Bonchev–Trinajstić information content (AvgIpc) is 3.07. The van der Waals surface area contributed by atoms with E-state index in [1.54, 1.807) is 0 Å². The zero-order chi connectivity index (χ0) is 17.5. The van der Waals surface area contributed by atoms with Crippen LogP contribution in [0.15, 0.2) is 72.8 Å². The number of hydrogen-bond acceptors (Lipinski definition) is 0. The Morgan fingerprint density at radius 3 is 1.35 bits per heavy atom. The van der Waals surface area contributed by atoms with Crippen molar-refractivity contribution in [2.24, 2.45) is 0 Å². The van der Waals surface area contributed by atoms with Gasteiger partial charge >= 0.3 is 40.1 Å². The van der Waals surface area contributed by atoms with E-state index < -0.39 is 18.9 Å². The maximum Gasteiger partial charge on any atom is -0.358 e. The summed E-state index contributed by atoms with van der Waals surface area (Å²) >= 11 is -1.85. The van der Waals surface area contributed by atoms with Crippen LogP contribution in [0.1, 0.15) is 11.1 Å². The van der Waals surface area contributed by atoms with Gasteiger partial charge in [-0.25, -0.2) is 0 Å². The first kappa shape index (κ1) is 25.0. The van der Waals surface area contributed by atoms with Gasteiger partial charge in [0.1, 0.15) is 0 Å². The molecule has 0 aromatic heterocycles. The molecule has 0 aliphatic carbocycles. The van der Waals surface area contributed by atoms with E-state index in [4.69, 9.17) is 17.0 Å². The molecule has 4 aromatic carbocycles. The van der Waals surface area contributed by atoms with Gasteiger partial charge in [0.05, 0.1) is 0 Å². The second kappa shape index (κ2) is 12.4. The molecule has 0 radical (unpaired) electrons. The van der Waals surface area contributed by atoms with E-state index in [1.165, 1.54) is 32.7 Å². The molecule has 0 aliphatic rings. The van der Waals surface area contributed by atoms with Crippen molar-refractivity contribution in [2.45, 2.75) is 13.8 Å². The van der Waals surface area contributed by atoms with Crippen LogP contribution in [0.5, 0.6) is 0 Å². The Bertz CT molecular complexity index is 789. The molecule has 0 nitrogen and oxygen atoms in total. The minimum Gasteiger partial charge on any atom is -0.358 e. The molecule has 140 valence electrons. The van der Waals surface area contributed by atoms with Crippen molar-refractivity contribution in [2.75, 3.05) is 0 Å². The van der Waals surface area contributed by atoms with Gasteiger partial charge in [-0.3, -0.25) is 0 Å². The van der Waals surface area contributed by atoms with Crippen molar-refractivity contribution >= 4 is 42.8 Å². The Morgan fingerprint density at radius 2 is 1.04 bits per heavy atom. The second-order valence-electron chi connectivity index (χ2n) is 5.66. The summed E-state index contributed by atoms with van der Waals surface area (Å²) < 4.78 is 3.37. The summed E-state index contributed by atoms with van der Waals surface area (Å²) in [5.41, 5.74) is 2.70. The van der Waals surface area contributed by atoms with E-state index in [0.29, 0.717) is 0 Å². The van der Waals surface area contributed by atoms with Crippen LogP contribution in [0, 0.1) is 28.7 Å². The first-order valence-electron chi connectivity index (χ1n) is 7.70. The molecule has 0 saturated heterocycles. The van der Waals surface area contributed by atoms with Crippen LogP contribution in [0.2, 0.25) is 0 Å². The maximum absolute atomic E-state index is 5.13. The van der Waals surface area contributed by atoms with Crippen LogP contribution < -0.4 is 0 Å². The number of rotatable bonds is 0. The van der Waals surface area contributed by atoms with Gasteiger partial charge in [-0.1, -0.05) is 26.0 Å². The van der Waals surface area contributed by atoms with Gasteiger partial charge in [-0.05, 0) is 0 Å². The molecule has 0 amide bonds. The second-order valence-corrected chi connectivity index (χ2v) is 13.9. The molecular weight excluding hydrogens is 438 g/mol. The summed E-state index contributed by atoms with van der Waals surface area (Å²) in [6.45, 7) is 4.25. The molecule has 0 spiro atoms. The van der Waals surface area contributed by atoms with Gasteiger partial charge in [-0.2, -0.15) is 12.1 Å². The number of fused-ring (bicyclic) bond motifs is 2. The Balaban J connectivity index is 0.000000378. The van der Waals surface area contributed by atoms with Crippen molar-refractivity contribution in [1.82, 2.24) is 0 Å². The van der Waals surface area contributed by atoms with E-state index >= 15 is 0 Å². The first-order valence-corrected chi connectivity index (χ1v) is 15.8. The zero-order valence-corrected chi connectivity index (χ0v) is 19.9. The summed E-state index contributed by atoms with van der Waals surface area (Å²) in [4.78, 5) is 0. The van der Waals surface area contributed by atoms with Crippen molar-refractivity contribution in [3.8, 4) is 0 Å². The third-order valence-electron chi connectivity index (χ3n) is 3.52. The molecule has 0 saturated carbocycles. The molecule has 0 unspecified atom stereocenters. The van der Waals surface area contributed by atoms with E-state index in [-0.39, 0.29) is 14.9 Å². The molecule has 0 heterocycles. The third-order valence-corrected chi connectivity index (χ3v) is 3.52. The fourth-order valence-corrected chi connectivity index (χ4v) is 2.61. The molecule has 4 rings (SSSR count). The van der Waals surface area contributed by atoms with Gasteiger partial charge < -0.3 is 14.9 Å². The third kappa shape index (κ3) is 8.13. The zero-order valence-electron chi connectivity index (χ0n) is 15.9. The van der Waals surface area contributed by atoms with Crippen molar-refractivity contribution in [1.29, 1.82) is 0 Å². The van der Waals surface area contributed by atoms with E-state index in [9.17, 15) is 0 Å². The SMILES string of the molecule is Cc1cc2ccccc2[cH-]1.Cc1cc2ccccc2[cH-]1.[CH2]=[Zr]([Cl])[Cl].[CH3-].[CH3-]. The van der Waals surface area contributed by atoms with Crippen LogP contribution in [0.25, 0.3) is 21.5 Å². The molecule has 0 atom stereocenters. The van der Waals surface area contributed by atoms with Gasteiger partial charge in [0.25, 0.3) is 0 Å². The van der Waals surface area contributed by atoms with Gasteiger partial charge in [0.2, 0.25) is 0 Å². The predicted octanol–water partition coefficient (Wildman–Crippen LogP) is 7.98. The van der Waals surface area contributed by atoms with Crippen LogP contribution in [0.3, 0.4) is 0 Å². The summed E-state index contributed by atoms with van der Waals surface area (Å²) in [6.07, 6.45) is 0. The number of aryl methyl sites for hydroxylation is 2. The molecule has 4 aromatic rings. The first-order chi connectivity index (χ1) is 11.5. The van der Waals surface area contributed by atoms with Crippen LogP contribution in [0.4, 0.5) is 0 Å².